The summed E-state index contributed by atoms with van der Waals surface area (Å²) in [6.45, 7) is 6.51. The molecule has 0 aliphatic rings. The molecular formula is C13H28N4O. The Balaban J connectivity index is 3.92. The van der Waals surface area contributed by atoms with Crippen LogP contribution in [0.4, 0.5) is 0 Å². The standard InChI is InChI=1S/C13H28N4O/c1-5-7-8-10-15-13(14-6-2)16-11-9-12(18)17(3)4/h5-11H2,1-4H3,(H2,14,15,16). The lowest BCUT2D eigenvalue weighted by Crippen LogP contribution is -2.39. The maximum absolute atomic E-state index is 11.4. The highest BCUT2D eigenvalue weighted by atomic mass is 16.2. The zero-order valence-electron chi connectivity index (χ0n) is 12.3. The Kier molecular flexibility index (Phi) is 10.1. The van der Waals surface area contributed by atoms with Gasteiger partial charge in [-0.05, 0) is 13.3 Å². The van der Waals surface area contributed by atoms with Gasteiger partial charge in [0.05, 0.1) is 0 Å². The number of hydrogen-bond donors (Lipinski definition) is 2. The molecule has 1 amide bonds. The van der Waals surface area contributed by atoms with Gasteiger partial charge in [-0.15, -0.1) is 0 Å². The second-order valence-corrected chi connectivity index (χ2v) is 4.43. The van der Waals surface area contributed by atoms with Crippen LogP contribution < -0.4 is 10.6 Å². The molecule has 106 valence electrons. The number of carbonyl (C=O) groups excluding carboxylic acids is 1. The van der Waals surface area contributed by atoms with Crippen LogP contribution in [-0.4, -0.2) is 50.5 Å². The van der Waals surface area contributed by atoms with E-state index in [9.17, 15) is 4.79 Å². The van der Waals surface area contributed by atoms with Crippen molar-refractivity contribution >= 4 is 11.9 Å². The normalized spacial score (nSPS) is 11.2. The van der Waals surface area contributed by atoms with Crippen LogP contribution in [-0.2, 0) is 4.79 Å². The summed E-state index contributed by atoms with van der Waals surface area (Å²) in [5.41, 5.74) is 0. The van der Waals surface area contributed by atoms with Gasteiger partial charge in [-0.1, -0.05) is 19.8 Å². The first-order valence-electron chi connectivity index (χ1n) is 6.84. The summed E-state index contributed by atoms with van der Waals surface area (Å²) in [4.78, 5) is 17.5. The number of unbranched alkanes of at least 4 members (excludes halogenated alkanes) is 2. The van der Waals surface area contributed by atoms with Crippen molar-refractivity contribution in [3.8, 4) is 0 Å². The van der Waals surface area contributed by atoms with E-state index in [1.165, 1.54) is 12.8 Å². The van der Waals surface area contributed by atoms with Crippen LogP contribution in [0.25, 0.3) is 0 Å². The van der Waals surface area contributed by atoms with E-state index < -0.39 is 0 Å². The van der Waals surface area contributed by atoms with Gasteiger partial charge in [0, 0.05) is 40.2 Å². The van der Waals surface area contributed by atoms with Crippen molar-refractivity contribution in [3.05, 3.63) is 0 Å². The third kappa shape index (κ3) is 8.84. The Morgan fingerprint density at radius 3 is 2.44 bits per heavy atom. The SMILES string of the molecule is CCCCCN=C(NCC)NCCC(=O)N(C)C. The second kappa shape index (κ2) is 10.9. The van der Waals surface area contributed by atoms with Gasteiger partial charge in [-0.25, -0.2) is 0 Å². The molecule has 2 N–H and O–H groups in total. The third-order valence-corrected chi connectivity index (χ3v) is 2.51. The number of aliphatic imine (C=N–C) groups is 1. The van der Waals surface area contributed by atoms with Gasteiger partial charge in [-0.3, -0.25) is 9.79 Å². The molecule has 0 fully saturated rings. The summed E-state index contributed by atoms with van der Waals surface area (Å²) in [6.07, 6.45) is 4.02. The minimum atomic E-state index is 0.129. The molecule has 0 heterocycles. The molecule has 0 bridgehead atoms. The molecule has 0 saturated heterocycles. The lowest BCUT2D eigenvalue weighted by Gasteiger charge is -2.13. The zero-order chi connectivity index (χ0) is 13.8. The first-order valence-corrected chi connectivity index (χ1v) is 6.84. The topological polar surface area (TPSA) is 56.7 Å². The predicted molar refractivity (Wildman–Crippen MR) is 76.8 cm³/mol. The molecule has 0 aliphatic carbocycles. The molecule has 0 radical (unpaired) electrons. The highest BCUT2D eigenvalue weighted by Crippen LogP contribution is 1.93. The number of nitrogens with zero attached hydrogens (tertiary/aromatic N) is 2. The maximum atomic E-state index is 11.4. The molecule has 0 aliphatic heterocycles. The second-order valence-electron chi connectivity index (χ2n) is 4.43. The van der Waals surface area contributed by atoms with E-state index >= 15 is 0 Å². The maximum Gasteiger partial charge on any atom is 0.223 e. The predicted octanol–water partition coefficient (Wildman–Crippen LogP) is 1.21. The fraction of sp³-hybridized carbons (Fsp3) is 0.846. The van der Waals surface area contributed by atoms with Crippen molar-refractivity contribution < 1.29 is 4.79 Å². The van der Waals surface area contributed by atoms with Crippen molar-refractivity contribution in [1.82, 2.24) is 15.5 Å². The van der Waals surface area contributed by atoms with Crippen LogP contribution in [0.5, 0.6) is 0 Å². The van der Waals surface area contributed by atoms with Gasteiger partial charge < -0.3 is 15.5 Å². The molecule has 5 nitrogen and oxygen atoms in total. The van der Waals surface area contributed by atoms with E-state index in [1.54, 1.807) is 19.0 Å². The largest absolute Gasteiger partial charge is 0.357 e. The van der Waals surface area contributed by atoms with Gasteiger partial charge in [0.25, 0.3) is 0 Å². The van der Waals surface area contributed by atoms with E-state index in [2.05, 4.69) is 22.5 Å². The van der Waals surface area contributed by atoms with Crippen LogP contribution in [0.15, 0.2) is 4.99 Å². The van der Waals surface area contributed by atoms with Crippen LogP contribution in [0.3, 0.4) is 0 Å². The van der Waals surface area contributed by atoms with Crippen molar-refractivity contribution in [2.45, 2.75) is 39.5 Å². The molecule has 18 heavy (non-hydrogen) atoms. The van der Waals surface area contributed by atoms with E-state index in [4.69, 9.17) is 0 Å². The van der Waals surface area contributed by atoms with Crippen molar-refractivity contribution in [2.75, 3.05) is 33.7 Å². The number of hydrogen-bond acceptors (Lipinski definition) is 2. The molecule has 0 aromatic carbocycles. The monoisotopic (exact) mass is 256 g/mol. The number of nitrogens with one attached hydrogen (secondary N) is 2. The Morgan fingerprint density at radius 1 is 1.17 bits per heavy atom. The van der Waals surface area contributed by atoms with Crippen LogP contribution in [0, 0.1) is 0 Å². The summed E-state index contributed by atoms with van der Waals surface area (Å²) in [5, 5.41) is 6.35. The van der Waals surface area contributed by atoms with Gasteiger partial charge in [0.15, 0.2) is 5.96 Å². The zero-order valence-corrected chi connectivity index (χ0v) is 12.3. The highest BCUT2D eigenvalue weighted by molar-refractivity contribution is 5.81. The number of amides is 1. The Labute approximate surface area is 111 Å². The van der Waals surface area contributed by atoms with E-state index in [1.807, 2.05) is 6.92 Å². The quantitative estimate of drug-likeness (QED) is 0.390. The molecule has 0 saturated carbocycles. The van der Waals surface area contributed by atoms with Crippen LogP contribution >= 0.6 is 0 Å². The Bertz CT molecular complexity index is 251. The van der Waals surface area contributed by atoms with Gasteiger partial charge in [0.1, 0.15) is 0 Å². The highest BCUT2D eigenvalue weighted by Gasteiger charge is 2.03. The lowest BCUT2D eigenvalue weighted by atomic mass is 10.2. The first-order chi connectivity index (χ1) is 8.61. The average Bonchev–Trinajstić information content (AvgIpc) is 2.34. The molecule has 0 aromatic rings. The van der Waals surface area contributed by atoms with Crippen LogP contribution in [0.1, 0.15) is 39.5 Å². The average molecular weight is 256 g/mol. The summed E-state index contributed by atoms with van der Waals surface area (Å²) in [5.74, 6) is 0.935. The summed E-state index contributed by atoms with van der Waals surface area (Å²) >= 11 is 0. The van der Waals surface area contributed by atoms with Gasteiger partial charge in [0.2, 0.25) is 5.91 Å². The minimum Gasteiger partial charge on any atom is -0.357 e. The van der Waals surface area contributed by atoms with E-state index in [0.29, 0.717) is 13.0 Å². The summed E-state index contributed by atoms with van der Waals surface area (Å²) in [6, 6.07) is 0. The van der Waals surface area contributed by atoms with Crippen molar-refractivity contribution in [1.29, 1.82) is 0 Å². The minimum absolute atomic E-state index is 0.129. The van der Waals surface area contributed by atoms with E-state index in [0.717, 1.165) is 25.5 Å². The fourth-order valence-electron chi connectivity index (χ4n) is 1.41. The van der Waals surface area contributed by atoms with Crippen molar-refractivity contribution in [3.63, 3.8) is 0 Å². The number of rotatable bonds is 8. The number of guanidine groups is 1. The Morgan fingerprint density at radius 2 is 1.89 bits per heavy atom. The lowest BCUT2D eigenvalue weighted by molar-refractivity contribution is -0.128. The van der Waals surface area contributed by atoms with Crippen molar-refractivity contribution in [2.24, 2.45) is 4.99 Å². The fourth-order valence-corrected chi connectivity index (χ4v) is 1.41. The summed E-state index contributed by atoms with van der Waals surface area (Å²) < 4.78 is 0. The summed E-state index contributed by atoms with van der Waals surface area (Å²) in [7, 11) is 3.54. The molecule has 0 atom stereocenters. The molecular weight excluding hydrogens is 228 g/mol. The molecule has 0 rings (SSSR count). The molecule has 5 heteroatoms. The Hall–Kier alpha value is -1.26. The molecule has 0 spiro atoms. The molecule has 0 unspecified atom stereocenters. The smallest absolute Gasteiger partial charge is 0.223 e. The van der Waals surface area contributed by atoms with Gasteiger partial charge >= 0.3 is 0 Å². The first kappa shape index (κ1) is 16.7. The third-order valence-electron chi connectivity index (χ3n) is 2.51. The molecule has 0 aromatic heterocycles. The van der Waals surface area contributed by atoms with E-state index in [-0.39, 0.29) is 5.91 Å². The van der Waals surface area contributed by atoms with Gasteiger partial charge in [-0.2, -0.15) is 0 Å². The number of carbonyl (C=O) groups is 1. The van der Waals surface area contributed by atoms with Crippen LogP contribution in [0.2, 0.25) is 0 Å².